The van der Waals surface area contributed by atoms with Gasteiger partial charge in [-0.2, -0.15) is 0 Å². The van der Waals surface area contributed by atoms with E-state index in [1.165, 1.54) is 0 Å². The summed E-state index contributed by atoms with van der Waals surface area (Å²) in [6, 6.07) is 5.18. The number of hydrogen-bond donors (Lipinski definition) is 0. The fourth-order valence-electron chi connectivity index (χ4n) is 1.09. The molecule has 0 spiro atoms. The standard InChI is InChI=1S/C11H14BrNO2S/c1-4-11(2,3)16-10-6-5-8(12)7-9(10)13(14)15/h5-7H,4H2,1-3H3. The van der Waals surface area contributed by atoms with Gasteiger partial charge in [-0.1, -0.05) is 36.7 Å². The van der Waals surface area contributed by atoms with Crippen LogP contribution in [0, 0.1) is 10.1 Å². The van der Waals surface area contributed by atoms with E-state index >= 15 is 0 Å². The van der Waals surface area contributed by atoms with Crippen LogP contribution >= 0.6 is 27.7 Å². The van der Waals surface area contributed by atoms with Crippen LogP contribution < -0.4 is 0 Å². The quantitative estimate of drug-likeness (QED) is 0.462. The number of thioether (sulfide) groups is 1. The fourth-order valence-corrected chi connectivity index (χ4v) is 2.55. The largest absolute Gasteiger partial charge is 0.284 e. The van der Waals surface area contributed by atoms with Gasteiger partial charge in [0.15, 0.2) is 0 Å². The lowest BCUT2D eigenvalue weighted by molar-refractivity contribution is -0.387. The van der Waals surface area contributed by atoms with E-state index < -0.39 is 0 Å². The number of benzene rings is 1. The molecule has 0 N–H and O–H groups in total. The van der Waals surface area contributed by atoms with Crippen LogP contribution in [-0.4, -0.2) is 9.67 Å². The van der Waals surface area contributed by atoms with Crippen LogP contribution in [-0.2, 0) is 0 Å². The highest BCUT2D eigenvalue weighted by molar-refractivity contribution is 9.10. The van der Waals surface area contributed by atoms with Gasteiger partial charge in [0.05, 0.1) is 9.82 Å². The number of nitrogens with zero attached hydrogens (tertiary/aromatic N) is 1. The lowest BCUT2D eigenvalue weighted by Crippen LogP contribution is -2.12. The summed E-state index contributed by atoms with van der Waals surface area (Å²) in [5, 5.41) is 10.9. The summed E-state index contributed by atoms with van der Waals surface area (Å²) in [5.74, 6) is 0. The maximum Gasteiger partial charge on any atom is 0.284 e. The first kappa shape index (κ1) is 13.5. The molecule has 0 aliphatic carbocycles. The SMILES string of the molecule is CCC(C)(C)Sc1ccc(Br)cc1[N+](=O)[O-]. The fraction of sp³-hybridized carbons (Fsp3) is 0.455. The number of hydrogen-bond acceptors (Lipinski definition) is 3. The Morgan fingerprint density at radius 3 is 2.62 bits per heavy atom. The van der Waals surface area contributed by atoms with Gasteiger partial charge in [-0.15, -0.1) is 11.8 Å². The van der Waals surface area contributed by atoms with Gasteiger partial charge in [-0.05, 0) is 18.6 Å². The Labute approximate surface area is 108 Å². The van der Waals surface area contributed by atoms with Gasteiger partial charge in [0, 0.05) is 15.3 Å². The normalized spacial score (nSPS) is 11.5. The minimum atomic E-state index is -0.334. The second-order valence-electron chi connectivity index (χ2n) is 4.08. The van der Waals surface area contributed by atoms with Crippen LogP contribution in [0.4, 0.5) is 5.69 Å². The molecule has 0 saturated carbocycles. The Balaban J connectivity index is 3.09. The highest BCUT2D eigenvalue weighted by Crippen LogP contribution is 2.40. The lowest BCUT2D eigenvalue weighted by atomic mass is 10.1. The summed E-state index contributed by atoms with van der Waals surface area (Å²) in [7, 11) is 0. The molecule has 1 aromatic carbocycles. The number of halogens is 1. The van der Waals surface area contributed by atoms with Crippen LogP contribution in [0.25, 0.3) is 0 Å². The molecule has 0 amide bonds. The van der Waals surface area contributed by atoms with Crippen molar-refractivity contribution in [3.8, 4) is 0 Å². The summed E-state index contributed by atoms with van der Waals surface area (Å²) in [6.07, 6.45) is 0.963. The van der Waals surface area contributed by atoms with Crippen molar-refractivity contribution in [1.29, 1.82) is 0 Å². The molecule has 0 atom stereocenters. The van der Waals surface area contributed by atoms with Crippen molar-refractivity contribution in [3.63, 3.8) is 0 Å². The molecule has 5 heteroatoms. The molecule has 1 rings (SSSR count). The van der Waals surface area contributed by atoms with Gasteiger partial charge >= 0.3 is 0 Å². The topological polar surface area (TPSA) is 43.1 Å². The Bertz CT molecular complexity index is 407. The molecule has 88 valence electrons. The second kappa shape index (κ2) is 5.19. The molecule has 0 aliphatic rings. The highest BCUT2D eigenvalue weighted by Gasteiger charge is 2.23. The van der Waals surface area contributed by atoms with Gasteiger partial charge in [0.25, 0.3) is 5.69 Å². The predicted octanol–water partition coefficient (Wildman–Crippen LogP) is 4.64. The lowest BCUT2D eigenvalue weighted by Gasteiger charge is -2.21. The molecule has 0 saturated heterocycles. The second-order valence-corrected chi connectivity index (χ2v) is 6.75. The van der Waals surface area contributed by atoms with Crippen LogP contribution in [0.5, 0.6) is 0 Å². The summed E-state index contributed by atoms with van der Waals surface area (Å²) in [6.45, 7) is 6.25. The summed E-state index contributed by atoms with van der Waals surface area (Å²) in [4.78, 5) is 11.3. The van der Waals surface area contributed by atoms with Crippen LogP contribution in [0.3, 0.4) is 0 Å². The monoisotopic (exact) mass is 303 g/mol. The molecule has 0 unspecified atom stereocenters. The number of nitro groups is 1. The van der Waals surface area contributed by atoms with Gasteiger partial charge < -0.3 is 0 Å². The minimum absolute atomic E-state index is 0.0125. The zero-order valence-electron chi connectivity index (χ0n) is 9.49. The Morgan fingerprint density at radius 2 is 2.12 bits per heavy atom. The minimum Gasteiger partial charge on any atom is -0.258 e. The molecular weight excluding hydrogens is 290 g/mol. The van der Waals surface area contributed by atoms with E-state index in [2.05, 4.69) is 36.7 Å². The van der Waals surface area contributed by atoms with E-state index in [9.17, 15) is 10.1 Å². The van der Waals surface area contributed by atoms with E-state index in [4.69, 9.17) is 0 Å². The first-order chi connectivity index (χ1) is 7.35. The Morgan fingerprint density at radius 1 is 1.50 bits per heavy atom. The first-order valence-electron chi connectivity index (χ1n) is 4.98. The first-order valence-corrected chi connectivity index (χ1v) is 6.59. The van der Waals surface area contributed by atoms with Crippen molar-refractivity contribution in [3.05, 3.63) is 32.8 Å². The van der Waals surface area contributed by atoms with Crippen molar-refractivity contribution in [2.45, 2.75) is 36.8 Å². The van der Waals surface area contributed by atoms with E-state index in [0.717, 1.165) is 15.8 Å². The van der Waals surface area contributed by atoms with Crippen LogP contribution in [0.2, 0.25) is 0 Å². The maximum atomic E-state index is 10.9. The number of nitro benzene ring substituents is 1. The molecule has 0 bridgehead atoms. The zero-order chi connectivity index (χ0) is 12.3. The third-order valence-electron chi connectivity index (χ3n) is 2.36. The third-order valence-corrected chi connectivity index (χ3v) is 4.26. The zero-order valence-corrected chi connectivity index (χ0v) is 11.9. The Hall–Kier alpha value is -0.550. The van der Waals surface area contributed by atoms with Crippen molar-refractivity contribution in [1.82, 2.24) is 0 Å². The molecule has 0 aromatic heterocycles. The molecule has 0 heterocycles. The van der Waals surface area contributed by atoms with E-state index in [0.29, 0.717) is 0 Å². The molecule has 0 radical (unpaired) electrons. The van der Waals surface area contributed by atoms with Crippen molar-refractivity contribution in [2.75, 3.05) is 0 Å². The average molecular weight is 304 g/mol. The summed E-state index contributed by atoms with van der Waals surface area (Å²) >= 11 is 4.79. The van der Waals surface area contributed by atoms with Gasteiger partial charge in [-0.25, -0.2) is 0 Å². The van der Waals surface area contributed by atoms with E-state index in [1.54, 1.807) is 23.9 Å². The van der Waals surface area contributed by atoms with E-state index in [-0.39, 0.29) is 15.4 Å². The van der Waals surface area contributed by atoms with Crippen LogP contribution in [0.15, 0.2) is 27.6 Å². The van der Waals surface area contributed by atoms with Crippen molar-refractivity contribution in [2.24, 2.45) is 0 Å². The maximum absolute atomic E-state index is 10.9. The predicted molar refractivity (Wildman–Crippen MR) is 71.0 cm³/mol. The summed E-state index contributed by atoms with van der Waals surface area (Å²) < 4.78 is 0.747. The van der Waals surface area contributed by atoms with Crippen molar-refractivity contribution < 1.29 is 4.92 Å². The molecule has 0 fully saturated rings. The molecule has 0 aliphatic heterocycles. The smallest absolute Gasteiger partial charge is 0.258 e. The van der Waals surface area contributed by atoms with Crippen LogP contribution in [0.1, 0.15) is 27.2 Å². The molecular formula is C11H14BrNO2S. The Kier molecular flexibility index (Phi) is 4.38. The van der Waals surface area contributed by atoms with E-state index in [1.807, 2.05) is 6.07 Å². The molecule has 3 nitrogen and oxygen atoms in total. The van der Waals surface area contributed by atoms with Gasteiger partial charge in [0.2, 0.25) is 0 Å². The van der Waals surface area contributed by atoms with Gasteiger partial charge in [-0.3, -0.25) is 10.1 Å². The molecule has 1 aromatic rings. The molecule has 16 heavy (non-hydrogen) atoms. The highest BCUT2D eigenvalue weighted by atomic mass is 79.9. The third kappa shape index (κ3) is 3.49. The average Bonchev–Trinajstić information content (AvgIpc) is 2.20. The van der Waals surface area contributed by atoms with Gasteiger partial charge in [0.1, 0.15) is 0 Å². The summed E-state index contributed by atoms with van der Waals surface area (Å²) in [5.41, 5.74) is 0.168. The van der Waals surface area contributed by atoms with Crippen molar-refractivity contribution >= 4 is 33.4 Å². The number of rotatable bonds is 4.